The molecule has 1 aliphatic heterocycles. The Morgan fingerprint density at radius 2 is 2.17 bits per heavy atom. The van der Waals surface area contributed by atoms with E-state index in [1.807, 2.05) is 4.90 Å². The number of nitrogens with zero attached hydrogens (tertiary/aromatic N) is 2. The number of rotatable bonds is 2. The first-order valence-corrected chi connectivity index (χ1v) is 8.46. The Labute approximate surface area is 139 Å². The highest BCUT2D eigenvalue weighted by Crippen LogP contribution is 2.31. The average molecular weight is 333 g/mol. The van der Waals surface area contributed by atoms with Crippen LogP contribution < -0.4 is 5.73 Å². The van der Waals surface area contributed by atoms with Gasteiger partial charge in [-0.1, -0.05) is 26.0 Å². The number of likely N-dealkylation sites (tertiary alicyclic amines) is 1. The molecule has 6 heteroatoms. The fraction of sp³-hybridized carbons (Fsp3) is 0.412. The normalized spacial score (nSPS) is 20.5. The van der Waals surface area contributed by atoms with Gasteiger partial charge in [0.2, 0.25) is 0 Å². The molecule has 0 aliphatic carbocycles. The van der Waals surface area contributed by atoms with Crippen LogP contribution in [0, 0.1) is 11.2 Å². The van der Waals surface area contributed by atoms with Gasteiger partial charge in [-0.15, -0.1) is 11.3 Å². The van der Waals surface area contributed by atoms with Crippen LogP contribution in [0.4, 0.5) is 4.39 Å². The minimum absolute atomic E-state index is 0.0509. The van der Waals surface area contributed by atoms with Crippen molar-refractivity contribution in [3.8, 4) is 10.6 Å². The second-order valence-corrected chi connectivity index (χ2v) is 7.65. The van der Waals surface area contributed by atoms with E-state index in [9.17, 15) is 9.18 Å². The van der Waals surface area contributed by atoms with Crippen molar-refractivity contribution in [2.45, 2.75) is 26.3 Å². The molecule has 1 aromatic carbocycles. The fourth-order valence-corrected chi connectivity index (χ4v) is 3.75. The molecule has 0 bridgehead atoms. The first-order valence-electron chi connectivity index (χ1n) is 7.64. The van der Waals surface area contributed by atoms with Gasteiger partial charge >= 0.3 is 0 Å². The molecule has 1 fully saturated rings. The summed E-state index contributed by atoms with van der Waals surface area (Å²) in [7, 11) is 0. The lowest BCUT2D eigenvalue weighted by molar-refractivity contribution is 0.0537. The average Bonchev–Trinajstić information content (AvgIpc) is 2.99. The Hall–Kier alpha value is -1.79. The lowest BCUT2D eigenvalue weighted by Gasteiger charge is -2.42. The summed E-state index contributed by atoms with van der Waals surface area (Å²) in [6.07, 6.45) is 2.33. The molecule has 1 unspecified atom stereocenters. The van der Waals surface area contributed by atoms with Crippen LogP contribution in [0.2, 0.25) is 0 Å². The number of aromatic nitrogens is 1. The highest BCUT2D eigenvalue weighted by Gasteiger charge is 2.36. The first-order chi connectivity index (χ1) is 10.9. The highest BCUT2D eigenvalue weighted by atomic mass is 32.1. The van der Waals surface area contributed by atoms with E-state index >= 15 is 0 Å². The van der Waals surface area contributed by atoms with E-state index in [2.05, 4.69) is 18.8 Å². The largest absolute Gasteiger partial charge is 0.337 e. The number of piperidine rings is 1. The predicted octanol–water partition coefficient (Wildman–Crippen LogP) is 3.15. The maximum absolute atomic E-state index is 13.8. The summed E-state index contributed by atoms with van der Waals surface area (Å²) in [5.41, 5.74) is 6.45. The third kappa shape index (κ3) is 3.14. The lowest BCUT2D eigenvalue weighted by Crippen LogP contribution is -2.53. The van der Waals surface area contributed by atoms with Crippen molar-refractivity contribution in [1.29, 1.82) is 0 Å². The summed E-state index contributed by atoms with van der Waals surface area (Å²) in [6.45, 7) is 5.43. The van der Waals surface area contributed by atoms with Crippen LogP contribution in [0.1, 0.15) is 29.9 Å². The van der Waals surface area contributed by atoms with Gasteiger partial charge in [0.25, 0.3) is 5.91 Å². The fourth-order valence-electron chi connectivity index (χ4n) is 2.84. The van der Waals surface area contributed by atoms with Gasteiger partial charge in [-0.05, 0) is 24.0 Å². The van der Waals surface area contributed by atoms with Crippen molar-refractivity contribution >= 4 is 17.2 Å². The Balaban J connectivity index is 1.81. The van der Waals surface area contributed by atoms with Gasteiger partial charge < -0.3 is 10.6 Å². The molecule has 2 heterocycles. The highest BCUT2D eigenvalue weighted by molar-refractivity contribution is 7.16. The zero-order chi connectivity index (χ0) is 16.6. The molecule has 1 aliphatic rings. The van der Waals surface area contributed by atoms with Crippen LogP contribution in [0.15, 0.2) is 30.5 Å². The smallest absolute Gasteiger partial charge is 0.265 e. The molecule has 3 rings (SSSR count). The van der Waals surface area contributed by atoms with Gasteiger partial charge in [0.1, 0.15) is 15.7 Å². The first kappa shape index (κ1) is 16.1. The third-order valence-electron chi connectivity index (χ3n) is 4.42. The van der Waals surface area contributed by atoms with Crippen molar-refractivity contribution < 1.29 is 9.18 Å². The number of amides is 1. The van der Waals surface area contributed by atoms with E-state index in [1.165, 1.54) is 23.6 Å². The summed E-state index contributed by atoms with van der Waals surface area (Å²) in [5, 5.41) is 0.527. The molecule has 2 aromatic rings. The van der Waals surface area contributed by atoms with Crippen molar-refractivity contribution in [1.82, 2.24) is 9.88 Å². The number of carbonyl (C=O) groups excluding carboxylic acids is 1. The molecule has 122 valence electrons. The summed E-state index contributed by atoms with van der Waals surface area (Å²) < 4.78 is 13.8. The van der Waals surface area contributed by atoms with Gasteiger partial charge in [0.15, 0.2) is 0 Å². The topological polar surface area (TPSA) is 59.2 Å². The Morgan fingerprint density at radius 3 is 2.87 bits per heavy atom. The van der Waals surface area contributed by atoms with Crippen molar-refractivity contribution in [3.63, 3.8) is 0 Å². The van der Waals surface area contributed by atoms with Crippen LogP contribution in [0.3, 0.4) is 0 Å². The number of hydrogen-bond acceptors (Lipinski definition) is 4. The van der Waals surface area contributed by atoms with E-state index in [0.29, 0.717) is 28.5 Å². The monoisotopic (exact) mass is 333 g/mol. The minimum Gasteiger partial charge on any atom is -0.337 e. The van der Waals surface area contributed by atoms with E-state index in [4.69, 9.17) is 5.73 Å². The standard InChI is InChI=1S/C17H20FN3OS/c1-17(2)10-21(8-7-14(17)19)16(22)13-9-20-15(23-13)11-5-3-4-6-12(11)18/h3-6,9,14H,7-8,10,19H2,1-2H3. The summed E-state index contributed by atoms with van der Waals surface area (Å²) in [6, 6.07) is 6.56. The van der Waals surface area contributed by atoms with Gasteiger partial charge in [-0.3, -0.25) is 4.79 Å². The predicted molar refractivity (Wildman–Crippen MR) is 89.8 cm³/mol. The van der Waals surface area contributed by atoms with Crippen LogP contribution in [0.5, 0.6) is 0 Å². The van der Waals surface area contributed by atoms with Crippen LogP contribution in [-0.4, -0.2) is 34.9 Å². The molecular weight excluding hydrogens is 313 g/mol. The molecule has 23 heavy (non-hydrogen) atoms. The maximum atomic E-state index is 13.8. The molecule has 1 amide bonds. The van der Waals surface area contributed by atoms with Crippen LogP contribution >= 0.6 is 11.3 Å². The van der Waals surface area contributed by atoms with Gasteiger partial charge in [-0.2, -0.15) is 0 Å². The maximum Gasteiger partial charge on any atom is 0.265 e. The van der Waals surface area contributed by atoms with Gasteiger partial charge in [-0.25, -0.2) is 9.37 Å². The Bertz CT molecular complexity index is 728. The van der Waals surface area contributed by atoms with Gasteiger partial charge in [0.05, 0.1) is 6.20 Å². The quantitative estimate of drug-likeness (QED) is 0.918. The van der Waals surface area contributed by atoms with Crippen molar-refractivity contribution in [3.05, 3.63) is 41.2 Å². The summed E-state index contributed by atoms with van der Waals surface area (Å²) >= 11 is 1.23. The lowest BCUT2D eigenvalue weighted by atomic mass is 9.79. The van der Waals surface area contributed by atoms with E-state index in [0.717, 1.165) is 6.42 Å². The van der Waals surface area contributed by atoms with E-state index in [1.54, 1.807) is 18.2 Å². The second-order valence-electron chi connectivity index (χ2n) is 6.62. The van der Waals surface area contributed by atoms with Crippen LogP contribution in [-0.2, 0) is 0 Å². The summed E-state index contributed by atoms with van der Waals surface area (Å²) in [4.78, 5) is 19.3. The minimum atomic E-state index is -0.328. The molecule has 1 atom stereocenters. The van der Waals surface area contributed by atoms with E-state index in [-0.39, 0.29) is 23.2 Å². The van der Waals surface area contributed by atoms with E-state index < -0.39 is 0 Å². The molecule has 4 nitrogen and oxygen atoms in total. The van der Waals surface area contributed by atoms with Crippen molar-refractivity contribution in [2.75, 3.05) is 13.1 Å². The Kier molecular flexibility index (Phi) is 4.21. The SMILES string of the molecule is CC1(C)CN(C(=O)c2cnc(-c3ccccc3F)s2)CCC1N. The molecule has 0 saturated carbocycles. The Morgan fingerprint density at radius 1 is 1.43 bits per heavy atom. The molecular formula is C17H20FN3OS. The van der Waals surface area contributed by atoms with Crippen LogP contribution in [0.25, 0.3) is 10.6 Å². The number of hydrogen-bond donors (Lipinski definition) is 1. The molecule has 2 N–H and O–H groups in total. The van der Waals surface area contributed by atoms with Gasteiger partial charge in [0, 0.05) is 24.7 Å². The second kappa shape index (κ2) is 6.02. The zero-order valence-electron chi connectivity index (χ0n) is 13.3. The number of benzene rings is 1. The molecule has 0 radical (unpaired) electrons. The zero-order valence-corrected chi connectivity index (χ0v) is 14.1. The number of nitrogens with two attached hydrogens (primary N) is 1. The molecule has 1 aromatic heterocycles. The molecule has 0 spiro atoms. The third-order valence-corrected chi connectivity index (χ3v) is 5.44. The summed E-state index contributed by atoms with van der Waals surface area (Å²) in [5.74, 6) is -0.379. The number of thiazole rings is 1. The number of halogens is 1. The molecule has 1 saturated heterocycles. The number of carbonyl (C=O) groups is 1. The van der Waals surface area contributed by atoms with Crippen molar-refractivity contribution in [2.24, 2.45) is 11.1 Å².